The van der Waals surface area contributed by atoms with Crippen LogP contribution in [0, 0.1) is 0 Å². The molecule has 3 nitrogen and oxygen atoms in total. The summed E-state index contributed by atoms with van der Waals surface area (Å²) in [5.41, 5.74) is 0. The van der Waals surface area contributed by atoms with Gasteiger partial charge < -0.3 is 14.3 Å². The molecule has 1 heterocycles. The lowest BCUT2D eigenvalue weighted by Gasteiger charge is -2.27. The molecule has 1 saturated heterocycles. The van der Waals surface area contributed by atoms with Crippen LogP contribution in [0.2, 0.25) is 0 Å². The molecule has 0 spiro atoms. The molecule has 0 aliphatic carbocycles. The van der Waals surface area contributed by atoms with Gasteiger partial charge in [-0.05, 0) is 19.3 Å². The fourth-order valence-corrected chi connectivity index (χ4v) is 2.71. The average Bonchev–Trinajstić information content (AvgIpc) is 2.88. The van der Waals surface area contributed by atoms with Gasteiger partial charge in [-0.15, -0.1) is 0 Å². The lowest BCUT2D eigenvalue weighted by atomic mass is 9.99. The molecule has 1 rings (SSSR count). The molecule has 0 aromatic heterocycles. The van der Waals surface area contributed by atoms with E-state index < -0.39 is 0 Å². The molecular formula is C16H30O3. The summed E-state index contributed by atoms with van der Waals surface area (Å²) in [6.07, 6.45) is 13.3. The van der Waals surface area contributed by atoms with Crippen molar-refractivity contribution >= 4 is 6.29 Å². The van der Waals surface area contributed by atoms with Crippen molar-refractivity contribution in [3.63, 3.8) is 0 Å². The first kappa shape index (κ1) is 16.6. The summed E-state index contributed by atoms with van der Waals surface area (Å²) in [5, 5.41) is 0. The molecular weight excluding hydrogens is 240 g/mol. The molecule has 19 heavy (non-hydrogen) atoms. The first-order chi connectivity index (χ1) is 9.33. The van der Waals surface area contributed by atoms with Crippen LogP contribution < -0.4 is 0 Å². The molecule has 0 N–H and O–H groups in total. The fraction of sp³-hybridized carbons (Fsp3) is 0.938. The second-order valence-electron chi connectivity index (χ2n) is 5.54. The van der Waals surface area contributed by atoms with E-state index in [0.29, 0.717) is 6.42 Å². The van der Waals surface area contributed by atoms with Gasteiger partial charge in [0.15, 0.2) is 5.79 Å². The van der Waals surface area contributed by atoms with Crippen LogP contribution in [0.1, 0.15) is 77.6 Å². The van der Waals surface area contributed by atoms with Crippen molar-refractivity contribution in [2.45, 2.75) is 83.3 Å². The molecule has 0 amide bonds. The van der Waals surface area contributed by atoms with Crippen LogP contribution in [-0.2, 0) is 14.3 Å². The van der Waals surface area contributed by atoms with Gasteiger partial charge in [0, 0.05) is 19.3 Å². The normalized spacial score (nSPS) is 17.7. The van der Waals surface area contributed by atoms with E-state index in [9.17, 15) is 4.79 Å². The van der Waals surface area contributed by atoms with E-state index in [4.69, 9.17) is 9.47 Å². The Hall–Kier alpha value is -0.410. The third-order valence-electron chi connectivity index (χ3n) is 3.85. The van der Waals surface area contributed by atoms with Crippen molar-refractivity contribution in [2.24, 2.45) is 0 Å². The lowest BCUT2D eigenvalue weighted by molar-refractivity contribution is -0.168. The van der Waals surface area contributed by atoms with Crippen LogP contribution in [0.3, 0.4) is 0 Å². The summed E-state index contributed by atoms with van der Waals surface area (Å²) in [6.45, 7) is 3.73. The Bertz CT molecular complexity index is 222. The maximum Gasteiger partial charge on any atom is 0.168 e. The van der Waals surface area contributed by atoms with Crippen LogP contribution in [0.25, 0.3) is 0 Å². The van der Waals surface area contributed by atoms with Crippen LogP contribution in [0.4, 0.5) is 0 Å². The minimum absolute atomic E-state index is 0.279. The molecule has 0 atom stereocenters. The Morgan fingerprint density at radius 2 is 1.47 bits per heavy atom. The first-order valence-electron chi connectivity index (χ1n) is 8.04. The van der Waals surface area contributed by atoms with Gasteiger partial charge in [-0.25, -0.2) is 0 Å². The predicted molar refractivity (Wildman–Crippen MR) is 77.2 cm³/mol. The zero-order chi connectivity index (χ0) is 13.8. The van der Waals surface area contributed by atoms with Crippen molar-refractivity contribution in [1.82, 2.24) is 0 Å². The number of hydrogen-bond donors (Lipinski definition) is 0. The lowest BCUT2D eigenvalue weighted by Crippen LogP contribution is -2.30. The van der Waals surface area contributed by atoms with Gasteiger partial charge in [0.1, 0.15) is 6.29 Å². The smallest absolute Gasteiger partial charge is 0.168 e. The van der Waals surface area contributed by atoms with E-state index >= 15 is 0 Å². The van der Waals surface area contributed by atoms with Crippen LogP contribution in [-0.4, -0.2) is 25.3 Å². The topological polar surface area (TPSA) is 35.5 Å². The Morgan fingerprint density at radius 3 is 2.05 bits per heavy atom. The van der Waals surface area contributed by atoms with E-state index in [1.807, 2.05) is 0 Å². The summed E-state index contributed by atoms with van der Waals surface area (Å²) in [7, 11) is 0. The van der Waals surface area contributed by atoms with Crippen molar-refractivity contribution in [1.29, 1.82) is 0 Å². The summed E-state index contributed by atoms with van der Waals surface area (Å²) in [4.78, 5) is 10.2. The Balaban J connectivity index is 2.14. The highest BCUT2D eigenvalue weighted by Crippen LogP contribution is 2.31. The van der Waals surface area contributed by atoms with E-state index in [0.717, 1.165) is 51.6 Å². The minimum atomic E-state index is -0.279. The van der Waals surface area contributed by atoms with Crippen LogP contribution >= 0.6 is 0 Å². The molecule has 0 aromatic carbocycles. The molecule has 0 unspecified atom stereocenters. The Morgan fingerprint density at radius 1 is 0.895 bits per heavy atom. The highest BCUT2D eigenvalue weighted by atomic mass is 16.7. The third-order valence-corrected chi connectivity index (χ3v) is 3.85. The maximum absolute atomic E-state index is 10.2. The number of rotatable bonds is 12. The number of hydrogen-bond acceptors (Lipinski definition) is 3. The van der Waals surface area contributed by atoms with Gasteiger partial charge in [-0.1, -0.05) is 39.0 Å². The van der Waals surface area contributed by atoms with Gasteiger partial charge in [-0.2, -0.15) is 0 Å². The highest BCUT2D eigenvalue weighted by Gasteiger charge is 2.34. The fourth-order valence-electron chi connectivity index (χ4n) is 2.71. The number of carbonyl (C=O) groups is 1. The predicted octanol–water partition coefficient (Wildman–Crippen LogP) is 4.24. The Kier molecular flexibility index (Phi) is 9.10. The molecule has 1 aliphatic heterocycles. The van der Waals surface area contributed by atoms with Gasteiger partial charge in [-0.3, -0.25) is 0 Å². The maximum atomic E-state index is 10.2. The van der Waals surface area contributed by atoms with E-state index in [-0.39, 0.29) is 5.79 Å². The molecule has 0 aromatic rings. The largest absolute Gasteiger partial charge is 0.348 e. The van der Waals surface area contributed by atoms with E-state index in [2.05, 4.69) is 6.92 Å². The number of ether oxygens (including phenoxy) is 2. The summed E-state index contributed by atoms with van der Waals surface area (Å²) in [5.74, 6) is -0.279. The van der Waals surface area contributed by atoms with Crippen molar-refractivity contribution in [2.75, 3.05) is 13.2 Å². The quantitative estimate of drug-likeness (QED) is 0.393. The van der Waals surface area contributed by atoms with E-state index in [1.165, 1.54) is 32.1 Å². The average molecular weight is 270 g/mol. The number of carbonyl (C=O) groups excluding carboxylic acids is 1. The van der Waals surface area contributed by atoms with Crippen molar-refractivity contribution < 1.29 is 14.3 Å². The second-order valence-corrected chi connectivity index (χ2v) is 5.54. The highest BCUT2D eigenvalue weighted by molar-refractivity contribution is 5.48. The summed E-state index contributed by atoms with van der Waals surface area (Å²) >= 11 is 0. The molecule has 0 bridgehead atoms. The van der Waals surface area contributed by atoms with Crippen molar-refractivity contribution in [3.8, 4) is 0 Å². The molecule has 3 heteroatoms. The SMILES string of the molecule is CCCCCCC1(CCCCCCC=O)OCCO1. The zero-order valence-corrected chi connectivity index (χ0v) is 12.5. The molecule has 0 saturated carbocycles. The third kappa shape index (κ3) is 7.07. The number of unbranched alkanes of at least 4 members (excludes halogenated alkanes) is 7. The Labute approximate surface area is 118 Å². The molecule has 1 fully saturated rings. The minimum Gasteiger partial charge on any atom is -0.348 e. The van der Waals surface area contributed by atoms with Gasteiger partial charge in [0.05, 0.1) is 13.2 Å². The zero-order valence-electron chi connectivity index (χ0n) is 12.5. The van der Waals surface area contributed by atoms with Gasteiger partial charge in [0.2, 0.25) is 0 Å². The molecule has 112 valence electrons. The first-order valence-corrected chi connectivity index (χ1v) is 8.04. The molecule has 0 radical (unpaired) electrons. The summed E-state index contributed by atoms with van der Waals surface area (Å²) in [6, 6.07) is 0. The molecule has 1 aliphatic rings. The number of aldehydes is 1. The summed E-state index contributed by atoms with van der Waals surface area (Å²) < 4.78 is 11.7. The standard InChI is InChI=1S/C16H30O3/c1-2-3-4-8-11-16(18-14-15-19-16)12-9-6-5-7-10-13-17/h13H,2-12,14-15H2,1H3. The van der Waals surface area contributed by atoms with Crippen molar-refractivity contribution in [3.05, 3.63) is 0 Å². The van der Waals surface area contributed by atoms with Crippen LogP contribution in [0.5, 0.6) is 0 Å². The monoisotopic (exact) mass is 270 g/mol. The van der Waals surface area contributed by atoms with Gasteiger partial charge in [0.25, 0.3) is 0 Å². The second kappa shape index (κ2) is 10.4. The van der Waals surface area contributed by atoms with Crippen LogP contribution in [0.15, 0.2) is 0 Å². The van der Waals surface area contributed by atoms with E-state index in [1.54, 1.807) is 0 Å². The van der Waals surface area contributed by atoms with Gasteiger partial charge >= 0.3 is 0 Å².